The zero-order valence-corrected chi connectivity index (χ0v) is 18.0. The van der Waals surface area contributed by atoms with Gasteiger partial charge in [0.25, 0.3) is 0 Å². The molecule has 7 heteroatoms. The van der Waals surface area contributed by atoms with Gasteiger partial charge in [0.15, 0.2) is 17.3 Å². The number of nitrogens with one attached hydrogen (secondary N) is 1. The molecule has 0 amide bonds. The van der Waals surface area contributed by atoms with Crippen molar-refractivity contribution in [1.29, 1.82) is 0 Å². The zero-order valence-electron chi connectivity index (χ0n) is 18.0. The summed E-state index contributed by atoms with van der Waals surface area (Å²) >= 11 is 0. The molecule has 1 heterocycles. The molecular formula is C23H29NO6. The van der Waals surface area contributed by atoms with Gasteiger partial charge >= 0.3 is 5.97 Å². The Bertz CT molecular complexity index is 886. The molecule has 1 atom stereocenters. The van der Waals surface area contributed by atoms with E-state index in [1.807, 2.05) is 32.0 Å². The lowest BCUT2D eigenvalue weighted by atomic mass is 9.75. The van der Waals surface area contributed by atoms with Crippen LogP contribution in [-0.4, -0.2) is 45.8 Å². The van der Waals surface area contributed by atoms with Crippen molar-refractivity contribution in [3.63, 3.8) is 0 Å². The summed E-state index contributed by atoms with van der Waals surface area (Å²) in [5.74, 6) is 0.250. The lowest BCUT2D eigenvalue weighted by molar-refractivity contribution is -0.140. The SMILES string of the molecule is CCOc1ccc([C@@H]2C(C(=O)OCCOC)=C(C)NC3=C2C(=O)CCC3)cc1OC. The Labute approximate surface area is 177 Å². The number of esters is 1. The summed E-state index contributed by atoms with van der Waals surface area (Å²) in [4.78, 5) is 25.9. The molecule has 7 nitrogen and oxygen atoms in total. The quantitative estimate of drug-likeness (QED) is 0.515. The molecule has 0 unspecified atom stereocenters. The minimum absolute atomic E-state index is 0.0521. The van der Waals surface area contributed by atoms with Crippen LogP contribution < -0.4 is 14.8 Å². The highest BCUT2D eigenvalue weighted by Gasteiger charge is 2.39. The van der Waals surface area contributed by atoms with E-state index in [1.54, 1.807) is 14.2 Å². The number of ketones is 1. The molecule has 1 N–H and O–H groups in total. The second-order valence-electron chi connectivity index (χ2n) is 7.24. The highest BCUT2D eigenvalue weighted by molar-refractivity contribution is 6.03. The summed E-state index contributed by atoms with van der Waals surface area (Å²) in [6, 6.07) is 5.53. The van der Waals surface area contributed by atoms with Crippen LogP contribution in [-0.2, 0) is 19.1 Å². The molecule has 1 aliphatic heterocycles. The summed E-state index contributed by atoms with van der Waals surface area (Å²) in [5, 5.41) is 3.28. The van der Waals surface area contributed by atoms with Gasteiger partial charge in [0.2, 0.25) is 0 Å². The normalized spacial score (nSPS) is 18.7. The Kier molecular flexibility index (Phi) is 7.15. The van der Waals surface area contributed by atoms with E-state index in [2.05, 4.69) is 5.32 Å². The predicted molar refractivity (Wildman–Crippen MR) is 111 cm³/mol. The number of allylic oxidation sites excluding steroid dienone is 3. The number of methoxy groups -OCH3 is 2. The molecule has 1 aromatic carbocycles. The minimum atomic E-state index is -0.520. The van der Waals surface area contributed by atoms with Crippen molar-refractivity contribution in [3.8, 4) is 11.5 Å². The summed E-state index contributed by atoms with van der Waals surface area (Å²) in [6.45, 7) is 4.70. The number of ether oxygens (including phenoxy) is 4. The van der Waals surface area contributed by atoms with Crippen LogP contribution >= 0.6 is 0 Å². The van der Waals surface area contributed by atoms with E-state index in [-0.39, 0.29) is 12.4 Å². The summed E-state index contributed by atoms with van der Waals surface area (Å²) in [6.07, 6.45) is 2.04. The number of benzene rings is 1. The number of hydrogen-bond donors (Lipinski definition) is 1. The van der Waals surface area contributed by atoms with Gasteiger partial charge in [-0.3, -0.25) is 4.79 Å². The van der Waals surface area contributed by atoms with Gasteiger partial charge < -0.3 is 24.3 Å². The van der Waals surface area contributed by atoms with Crippen LogP contribution in [0.4, 0.5) is 0 Å². The Morgan fingerprint density at radius 2 is 1.97 bits per heavy atom. The average molecular weight is 415 g/mol. The molecule has 3 rings (SSSR count). The van der Waals surface area contributed by atoms with Gasteiger partial charge in [-0.15, -0.1) is 0 Å². The Morgan fingerprint density at radius 3 is 2.67 bits per heavy atom. The van der Waals surface area contributed by atoms with Crippen LogP contribution in [0.1, 0.15) is 44.6 Å². The fourth-order valence-corrected chi connectivity index (χ4v) is 4.02. The molecule has 0 spiro atoms. The van der Waals surface area contributed by atoms with E-state index in [9.17, 15) is 9.59 Å². The number of hydrogen-bond acceptors (Lipinski definition) is 7. The second kappa shape index (κ2) is 9.80. The lowest BCUT2D eigenvalue weighted by Gasteiger charge is -2.34. The molecule has 1 aromatic rings. The highest BCUT2D eigenvalue weighted by atomic mass is 16.6. The second-order valence-corrected chi connectivity index (χ2v) is 7.24. The van der Waals surface area contributed by atoms with Crippen LogP contribution in [0.2, 0.25) is 0 Å². The molecule has 2 aliphatic rings. The maximum absolute atomic E-state index is 13.0. The first-order chi connectivity index (χ1) is 14.5. The van der Waals surface area contributed by atoms with Crippen molar-refractivity contribution in [1.82, 2.24) is 5.32 Å². The lowest BCUT2D eigenvalue weighted by Crippen LogP contribution is -2.34. The fraction of sp³-hybridized carbons (Fsp3) is 0.478. The van der Waals surface area contributed by atoms with E-state index in [1.165, 1.54) is 0 Å². The number of rotatable bonds is 8. The molecular weight excluding hydrogens is 386 g/mol. The van der Waals surface area contributed by atoms with Gasteiger partial charge in [-0.1, -0.05) is 6.07 Å². The van der Waals surface area contributed by atoms with Gasteiger partial charge in [0, 0.05) is 36.4 Å². The third-order valence-electron chi connectivity index (χ3n) is 5.34. The maximum atomic E-state index is 13.0. The topological polar surface area (TPSA) is 83.1 Å². The van der Waals surface area contributed by atoms with Gasteiger partial charge in [-0.05, 0) is 44.4 Å². The van der Waals surface area contributed by atoms with E-state index in [4.69, 9.17) is 18.9 Å². The van der Waals surface area contributed by atoms with Crippen LogP contribution in [0.15, 0.2) is 40.7 Å². The van der Waals surface area contributed by atoms with Crippen LogP contribution in [0.25, 0.3) is 0 Å². The highest BCUT2D eigenvalue weighted by Crippen LogP contribution is 2.44. The third-order valence-corrected chi connectivity index (χ3v) is 5.34. The zero-order chi connectivity index (χ0) is 21.7. The molecule has 30 heavy (non-hydrogen) atoms. The standard InChI is InChI=1S/C23H29NO6/c1-5-29-18-10-9-15(13-19(18)28-4)21-20(23(26)30-12-11-27-3)14(2)24-16-7-6-8-17(25)22(16)21/h9-10,13,21,24H,5-8,11-12H2,1-4H3/t21-/m1/s1. The molecule has 0 radical (unpaired) electrons. The Balaban J connectivity index is 2.08. The first-order valence-corrected chi connectivity index (χ1v) is 10.2. The molecule has 1 aliphatic carbocycles. The van der Waals surface area contributed by atoms with E-state index >= 15 is 0 Å². The molecule has 0 aromatic heterocycles. The minimum Gasteiger partial charge on any atom is -0.493 e. The molecule has 0 saturated heterocycles. The van der Waals surface area contributed by atoms with Crippen LogP contribution in [0.3, 0.4) is 0 Å². The Morgan fingerprint density at radius 1 is 1.17 bits per heavy atom. The molecule has 0 fully saturated rings. The Hall–Kier alpha value is -2.80. The van der Waals surface area contributed by atoms with Gasteiger partial charge in [0.1, 0.15) is 6.61 Å². The van der Waals surface area contributed by atoms with E-state index in [0.717, 1.165) is 24.1 Å². The number of carbonyl (C=O) groups is 2. The summed E-state index contributed by atoms with van der Waals surface area (Å²) < 4.78 is 21.5. The van der Waals surface area contributed by atoms with Crippen molar-refractivity contribution in [2.75, 3.05) is 34.0 Å². The molecule has 0 saturated carbocycles. The van der Waals surface area contributed by atoms with Crippen LogP contribution in [0, 0.1) is 0 Å². The van der Waals surface area contributed by atoms with Crippen molar-refractivity contribution in [2.24, 2.45) is 0 Å². The maximum Gasteiger partial charge on any atom is 0.336 e. The van der Waals surface area contributed by atoms with Crippen molar-refractivity contribution in [3.05, 3.63) is 46.3 Å². The fourth-order valence-electron chi connectivity index (χ4n) is 4.02. The van der Waals surface area contributed by atoms with Crippen molar-refractivity contribution in [2.45, 2.75) is 39.0 Å². The number of Topliss-reactive ketones (excluding diaryl/α,β-unsaturated/α-hetero) is 1. The number of dihydropyridines is 1. The van der Waals surface area contributed by atoms with Gasteiger partial charge in [0.05, 0.1) is 25.9 Å². The smallest absolute Gasteiger partial charge is 0.336 e. The van der Waals surface area contributed by atoms with E-state index < -0.39 is 11.9 Å². The monoisotopic (exact) mass is 415 g/mol. The third kappa shape index (κ3) is 4.36. The van der Waals surface area contributed by atoms with Gasteiger partial charge in [-0.25, -0.2) is 4.79 Å². The molecule has 0 bridgehead atoms. The predicted octanol–water partition coefficient (Wildman–Crippen LogP) is 3.25. The summed E-state index contributed by atoms with van der Waals surface area (Å²) in [5.41, 5.74) is 3.44. The number of carbonyl (C=O) groups excluding carboxylic acids is 2. The van der Waals surface area contributed by atoms with E-state index in [0.29, 0.717) is 48.0 Å². The average Bonchev–Trinajstić information content (AvgIpc) is 2.73. The molecule has 162 valence electrons. The first-order valence-electron chi connectivity index (χ1n) is 10.2. The summed E-state index contributed by atoms with van der Waals surface area (Å²) in [7, 11) is 3.12. The largest absolute Gasteiger partial charge is 0.493 e. The van der Waals surface area contributed by atoms with Crippen LogP contribution in [0.5, 0.6) is 11.5 Å². The van der Waals surface area contributed by atoms with Gasteiger partial charge in [-0.2, -0.15) is 0 Å². The van der Waals surface area contributed by atoms with Crippen molar-refractivity contribution >= 4 is 11.8 Å². The first kappa shape index (κ1) is 21.9. The van der Waals surface area contributed by atoms with Crippen molar-refractivity contribution < 1.29 is 28.5 Å².